The molecule has 1 rings (SSSR count). The van der Waals surface area contributed by atoms with E-state index in [1.807, 2.05) is 19.1 Å². The fraction of sp³-hybridized carbons (Fsp3) is 0.364. The molecular formula is C11H13IO2. The van der Waals surface area contributed by atoms with Crippen molar-refractivity contribution in [2.45, 2.75) is 20.3 Å². The molecule has 0 fully saturated rings. The van der Waals surface area contributed by atoms with E-state index in [1.165, 1.54) is 0 Å². The number of carbonyl (C=O) groups is 1. The van der Waals surface area contributed by atoms with Gasteiger partial charge >= 0.3 is 0 Å². The summed E-state index contributed by atoms with van der Waals surface area (Å²) in [5.74, 6) is 0.549. The molecule has 14 heavy (non-hydrogen) atoms. The van der Waals surface area contributed by atoms with E-state index >= 15 is 0 Å². The average Bonchev–Trinajstić information content (AvgIpc) is 2.11. The van der Waals surface area contributed by atoms with Gasteiger partial charge in [-0.25, -0.2) is 0 Å². The van der Waals surface area contributed by atoms with Crippen LogP contribution in [0.25, 0.3) is 0 Å². The normalized spacial score (nSPS) is 12.5. The number of Topliss-reactive ketones (excluding diaryl/α,β-unsaturated/α-hetero) is 1. The molecule has 1 N–H and O–H groups in total. The molecular weight excluding hydrogens is 291 g/mol. The number of carbonyl (C=O) groups excluding carboxylic acids is 1. The number of rotatable bonds is 3. The Balaban J connectivity index is 2.78. The van der Waals surface area contributed by atoms with Crippen LogP contribution in [0, 0.1) is 9.49 Å². The molecule has 0 amide bonds. The van der Waals surface area contributed by atoms with Crippen LogP contribution in [0.3, 0.4) is 0 Å². The van der Waals surface area contributed by atoms with Crippen LogP contribution in [0.2, 0.25) is 0 Å². The quantitative estimate of drug-likeness (QED) is 0.872. The van der Waals surface area contributed by atoms with Gasteiger partial charge in [-0.2, -0.15) is 0 Å². The van der Waals surface area contributed by atoms with Crippen molar-refractivity contribution in [2.75, 3.05) is 0 Å². The molecule has 0 radical (unpaired) electrons. The van der Waals surface area contributed by atoms with E-state index in [9.17, 15) is 9.90 Å². The lowest BCUT2D eigenvalue weighted by molar-refractivity contribution is -0.120. The SMILES string of the molecule is CC(=O)[C@@H](C)Cc1ccc(O)c(I)c1. The molecule has 0 bridgehead atoms. The van der Waals surface area contributed by atoms with Crippen LogP contribution in [0.5, 0.6) is 5.75 Å². The van der Waals surface area contributed by atoms with Gasteiger partial charge < -0.3 is 5.11 Å². The highest BCUT2D eigenvalue weighted by Gasteiger charge is 2.09. The van der Waals surface area contributed by atoms with Gasteiger partial charge in [0.15, 0.2) is 0 Å². The van der Waals surface area contributed by atoms with Gasteiger partial charge in [0.1, 0.15) is 11.5 Å². The second kappa shape index (κ2) is 4.77. The Bertz CT molecular complexity index is 347. The van der Waals surface area contributed by atoms with Gasteiger partial charge in [-0.15, -0.1) is 0 Å². The summed E-state index contributed by atoms with van der Waals surface area (Å²) in [6.45, 7) is 3.53. The molecule has 1 atom stereocenters. The molecule has 0 aliphatic carbocycles. The Morgan fingerprint density at radius 2 is 2.21 bits per heavy atom. The van der Waals surface area contributed by atoms with E-state index in [-0.39, 0.29) is 11.7 Å². The summed E-state index contributed by atoms with van der Waals surface area (Å²) in [6, 6.07) is 5.44. The second-order valence-electron chi connectivity index (χ2n) is 3.50. The molecule has 76 valence electrons. The smallest absolute Gasteiger partial charge is 0.132 e. The fourth-order valence-corrected chi connectivity index (χ4v) is 1.75. The Morgan fingerprint density at radius 1 is 1.57 bits per heavy atom. The predicted octanol–water partition coefficient (Wildman–Crippen LogP) is 2.76. The molecule has 1 aromatic carbocycles. The summed E-state index contributed by atoms with van der Waals surface area (Å²) in [7, 11) is 0. The third kappa shape index (κ3) is 2.97. The Hall–Kier alpha value is -0.580. The zero-order valence-corrected chi connectivity index (χ0v) is 10.4. The minimum atomic E-state index is 0.0512. The van der Waals surface area contributed by atoms with Crippen molar-refractivity contribution in [1.82, 2.24) is 0 Å². The zero-order chi connectivity index (χ0) is 10.7. The van der Waals surface area contributed by atoms with Crippen LogP contribution < -0.4 is 0 Å². The lowest BCUT2D eigenvalue weighted by Gasteiger charge is -2.08. The van der Waals surface area contributed by atoms with Crippen LogP contribution in [0.15, 0.2) is 18.2 Å². The Morgan fingerprint density at radius 3 is 2.71 bits per heavy atom. The first-order chi connectivity index (χ1) is 6.50. The van der Waals surface area contributed by atoms with Gasteiger partial charge in [0.25, 0.3) is 0 Å². The fourth-order valence-electron chi connectivity index (χ4n) is 1.17. The van der Waals surface area contributed by atoms with Gasteiger partial charge in [0.05, 0.1) is 3.57 Å². The van der Waals surface area contributed by atoms with Crippen molar-refractivity contribution in [2.24, 2.45) is 5.92 Å². The van der Waals surface area contributed by atoms with Crippen LogP contribution >= 0.6 is 22.6 Å². The maximum absolute atomic E-state index is 11.0. The summed E-state index contributed by atoms with van der Waals surface area (Å²) in [4.78, 5) is 11.0. The van der Waals surface area contributed by atoms with Gasteiger partial charge in [0, 0.05) is 5.92 Å². The molecule has 0 saturated heterocycles. The van der Waals surface area contributed by atoms with Gasteiger partial charge in [-0.1, -0.05) is 13.0 Å². The zero-order valence-electron chi connectivity index (χ0n) is 8.25. The first-order valence-electron chi connectivity index (χ1n) is 4.48. The number of ketones is 1. The summed E-state index contributed by atoms with van der Waals surface area (Å²) in [5, 5.41) is 9.31. The van der Waals surface area contributed by atoms with Crippen molar-refractivity contribution < 1.29 is 9.90 Å². The average molecular weight is 304 g/mol. The molecule has 3 heteroatoms. The maximum Gasteiger partial charge on any atom is 0.132 e. The minimum absolute atomic E-state index is 0.0512. The van der Waals surface area contributed by atoms with Crippen molar-refractivity contribution >= 4 is 28.4 Å². The highest BCUT2D eigenvalue weighted by atomic mass is 127. The van der Waals surface area contributed by atoms with E-state index in [2.05, 4.69) is 22.6 Å². The van der Waals surface area contributed by atoms with E-state index < -0.39 is 0 Å². The van der Waals surface area contributed by atoms with E-state index in [4.69, 9.17) is 0 Å². The Kier molecular flexibility index (Phi) is 3.92. The molecule has 0 aliphatic rings. The molecule has 0 aromatic heterocycles. The number of benzene rings is 1. The largest absolute Gasteiger partial charge is 0.507 e. The maximum atomic E-state index is 11.0. The van der Waals surface area contributed by atoms with E-state index in [0.717, 1.165) is 15.6 Å². The molecule has 0 spiro atoms. The standard InChI is InChI=1S/C11H13IO2/c1-7(8(2)13)5-9-3-4-11(14)10(12)6-9/h3-4,6-7,14H,5H2,1-2H3/t7-/m0/s1. The number of phenolic OH excluding ortho intramolecular Hbond substituents is 1. The third-order valence-electron chi connectivity index (χ3n) is 2.25. The highest BCUT2D eigenvalue weighted by Crippen LogP contribution is 2.21. The number of aromatic hydroxyl groups is 1. The number of hydrogen-bond donors (Lipinski definition) is 1. The Labute approximate surface area is 97.5 Å². The summed E-state index contributed by atoms with van der Waals surface area (Å²) in [5.41, 5.74) is 1.09. The summed E-state index contributed by atoms with van der Waals surface area (Å²) >= 11 is 2.08. The predicted molar refractivity (Wildman–Crippen MR) is 64.4 cm³/mol. The number of halogens is 1. The monoisotopic (exact) mass is 304 g/mol. The molecule has 0 aliphatic heterocycles. The lowest BCUT2D eigenvalue weighted by Crippen LogP contribution is -2.09. The molecule has 0 unspecified atom stereocenters. The first kappa shape index (κ1) is 11.5. The highest BCUT2D eigenvalue weighted by molar-refractivity contribution is 14.1. The van der Waals surface area contributed by atoms with Crippen molar-refractivity contribution in [3.8, 4) is 5.75 Å². The molecule has 0 heterocycles. The number of hydrogen-bond acceptors (Lipinski definition) is 2. The van der Waals surface area contributed by atoms with Crippen LogP contribution in [-0.2, 0) is 11.2 Å². The van der Waals surface area contributed by atoms with Gasteiger partial charge in [-0.3, -0.25) is 4.79 Å². The summed E-state index contributed by atoms with van der Waals surface area (Å²) in [6.07, 6.45) is 0.742. The summed E-state index contributed by atoms with van der Waals surface area (Å²) < 4.78 is 0.829. The minimum Gasteiger partial charge on any atom is -0.507 e. The third-order valence-corrected chi connectivity index (χ3v) is 3.11. The van der Waals surface area contributed by atoms with Crippen LogP contribution in [-0.4, -0.2) is 10.9 Å². The molecule has 2 nitrogen and oxygen atoms in total. The lowest BCUT2D eigenvalue weighted by atomic mass is 9.98. The van der Waals surface area contributed by atoms with Crippen molar-refractivity contribution in [3.05, 3.63) is 27.3 Å². The first-order valence-corrected chi connectivity index (χ1v) is 5.56. The second-order valence-corrected chi connectivity index (χ2v) is 4.66. The van der Waals surface area contributed by atoms with E-state index in [1.54, 1.807) is 13.0 Å². The van der Waals surface area contributed by atoms with Gasteiger partial charge in [0.2, 0.25) is 0 Å². The topological polar surface area (TPSA) is 37.3 Å². The van der Waals surface area contributed by atoms with Crippen LogP contribution in [0.4, 0.5) is 0 Å². The van der Waals surface area contributed by atoms with Gasteiger partial charge in [-0.05, 0) is 53.6 Å². The number of phenols is 1. The molecule has 1 aromatic rings. The van der Waals surface area contributed by atoms with E-state index in [0.29, 0.717) is 5.75 Å². The van der Waals surface area contributed by atoms with Crippen molar-refractivity contribution in [3.63, 3.8) is 0 Å². The van der Waals surface area contributed by atoms with Crippen molar-refractivity contribution in [1.29, 1.82) is 0 Å². The van der Waals surface area contributed by atoms with Crippen LogP contribution in [0.1, 0.15) is 19.4 Å². The molecule has 0 saturated carbocycles.